The molecule has 0 atom stereocenters. The highest BCUT2D eigenvalue weighted by molar-refractivity contribution is 5.40. The van der Waals surface area contributed by atoms with Crippen LogP contribution in [0.15, 0.2) is 23.3 Å². The van der Waals surface area contributed by atoms with E-state index < -0.39 is 0 Å². The molecule has 0 heteroatoms. The first kappa shape index (κ1) is 6.60. The van der Waals surface area contributed by atoms with Crippen LogP contribution in [0.1, 0.15) is 26.7 Å². The van der Waals surface area contributed by atoms with Crippen molar-refractivity contribution in [3.63, 3.8) is 0 Å². The Bertz CT molecular complexity index is 131. The zero-order chi connectivity index (χ0) is 6.69. The molecule has 0 fully saturated rings. The molecule has 49 valence electrons. The second-order valence-corrected chi connectivity index (χ2v) is 2.33. The van der Waals surface area contributed by atoms with Gasteiger partial charge in [0.15, 0.2) is 0 Å². The lowest BCUT2D eigenvalue weighted by Gasteiger charge is -1.96. The SMILES string of the molecule is CCC1=CC=C(CC)[CH]1. The van der Waals surface area contributed by atoms with Gasteiger partial charge in [-0.3, -0.25) is 0 Å². The molecule has 0 aliphatic heterocycles. The zero-order valence-electron chi connectivity index (χ0n) is 6.15. The molecule has 1 aliphatic carbocycles. The summed E-state index contributed by atoms with van der Waals surface area (Å²) in [5, 5.41) is 0. The van der Waals surface area contributed by atoms with E-state index >= 15 is 0 Å². The number of rotatable bonds is 2. The van der Waals surface area contributed by atoms with Crippen LogP contribution in [-0.4, -0.2) is 0 Å². The molecule has 0 aromatic carbocycles. The summed E-state index contributed by atoms with van der Waals surface area (Å²) >= 11 is 0. The second kappa shape index (κ2) is 2.86. The minimum Gasteiger partial charge on any atom is -0.0625 e. The van der Waals surface area contributed by atoms with Gasteiger partial charge in [-0.1, -0.05) is 37.1 Å². The monoisotopic (exact) mass is 121 g/mol. The largest absolute Gasteiger partial charge is 0.0625 e. The molecule has 1 radical (unpaired) electrons. The molecule has 0 saturated heterocycles. The van der Waals surface area contributed by atoms with Crippen molar-refractivity contribution in [2.45, 2.75) is 26.7 Å². The molecule has 0 aromatic rings. The van der Waals surface area contributed by atoms with Crippen molar-refractivity contribution >= 4 is 0 Å². The molecular weight excluding hydrogens is 108 g/mol. The third kappa shape index (κ3) is 1.44. The summed E-state index contributed by atoms with van der Waals surface area (Å²) in [4.78, 5) is 0. The van der Waals surface area contributed by atoms with E-state index in [0.717, 1.165) is 0 Å². The third-order valence-corrected chi connectivity index (χ3v) is 1.70. The predicted molar refractivity (Wildman–Crippen MR) is 41.0 cm³/mol. The molecule has 0 nitrogen and oxygen atoms in total. The Balaban J connectivity index is 2.43. The highest BCUT2D eigenvalue weighted by Gasteiger charge is 2.03. The standard InChI is InChI=1S/C9H13/c1-3-8-5-6-9(4-2)7-8/h5-7H,3-4H2,1-2H3. The van der Waals surface area contributed by atoms with Gasteiger partial charge in [0.25, 0.3) is 0 Å². The molecule has 1 rings (SSSR count). The van der Waals surface area contributed by atoms with Gasteiger partial charge in [0.1, 0.15) is 0 Å². The molecule has 0 unspecified atom stereocenters. The first-order chi connectivity index (χ1) is 4.36. The van der Waals surface area contributed by atoms with E-state index in [1.54, 1.807) is 0 Å². The molecule has 0 amide bonds. The van der Waals surface area contributed by atoms with Crippen LogP contribution >= 0.6 is 0 Å². The molecule has 0 aromatic heterocycles. The van der Waals surface area contributed by atoms with E-state index in [0.29, 0.717) is 0 Å². The highest BCUT2D eigenvalue weighted by Crippen LogP contribution is 2.21. The molecule has 0 saturated carbocycles. The average Bonchev–Trinajstić information content (AvgIpc) is 2.34. The van der Waals surface area contributed by atoms with Crippen LogP contribution in [0.5, 0.6) is 0 Å². The first-order valence-corrected chi connectivity index (χ1v) is 3.61. The van der Waals surface area contributed by atoms with Crippen molar-refractivity contribution in [2.75, 3.05) is 0 Å². The molecule has 0 bridgehead atoms. The molecule has 0 spiro atoms. The number of hydrogen-bond donors (Lipinski definition) is 0. The molecule has 0 heterocycles. The predicted octanol–water partition coefficient (Wildman–Crippen LogP) is 2.88. The van der Waals surface area contributed by atoms with E-state index in [9.17, 15) is 0 Å². The molecule has 0 N–H and O–H groups in total. The molecule has 1 aliphatic rings. The molecular formula is C9H13. The van der Waals surface area contributed by atoms with Gasteiger partial charge in [-0.2, -0.15) is 0 Å². The minimum absolute atomic E-state index is 1.17. The smallest absolute Gasteiger partial charge is 0.0116 e. The Morgan fingerprint density at radius 2 is 1.44 bits per heavy atom. The summed E-state index contributed by atoms with van der Waals surface area (Å²) in [7, 11) is 0. The topological polar surface area (TPSA) is 0 Å². The Labute approximate surface area is 57.3 Å². The van der Waals surface area contributed by atoms with E-state index in [1.165, 1.54) is 24.0 Å². The van der Waals surface area contributed by atoms with E-state index in [4.69, 9.17) is 0 Å². The van der Waals surface area contributed by atoms with Gasteiger partial charge >= 0.3 is 0 Å². The molecule has 9 heavy (non-hydrogen) atoms. The van der Waals surface area contributed by atoms with Gasteiger partial charge in [-0.15, -0.1) is 0 Å². The Morgan fingerprint density at radius 1 is 1.00 bits per heavy atom. The summed E-state index contributed by atoms with van der Waals surface area (Å²) in [6, 6.07) is 0. The van der Waals surface area contributed by atoms with Gasteiger partial charge in [0.05, 0.1) is 0 Å². The normalized spacial score (nSPS) is 17.6. The lowest BCUT2D eigenvalue weighted by Crippen LogP contribution is -1.79. The van der Waals surface area contributed by atoms with Crippen LogP contribution in [0.25, 0.3) is 0 Å². The fourth-order valence-electron chi connectivity index (χ4n) is 0.988. The maximum Gasteiger partial charge on any atom is 0.0116 e. The van der Waals surface area contributed by atoms with Crippen molar-refractivity contribution in [3.8, 4) is 0 Å². The van der Waals surface area contributed by atoms with Gasteiger partial charge in [0, 0.05) is 6.42 Å². The van der Waals surface area contributed by atoms with E-state index in [-0.39, 0.29) is 0 Å². The second-order valence-electron chi connectivity index (χ2n) is 2.33. The van der Waals surface area contributed by atoms with Crippen LogP contribution in [-0.2, 0) is 0 Å². The van der Waals surface area contributed by atoms with Crippen molar-refractivity contribution in [3.05, 3.63) is 29.7 Å². The average molecular weight is 121 g/mol. The number of allylic oxidation sites excluding steroid dienone is 4. The quantitative estimate of drug-likeness (QED) is 0.527. The lowest BCUT2D eigenvalue weighted by molar-refractivity contribution is 1.07. The van der Waals surface area contributed by atoms with Gasteiger partial charge in [-0.25, -0.2) is 0 Å². The highest BCUT2D eigenvalue weighted by atomic mass is 14.1. The Kier molecular flexibility index (Phi) is 2.10. The maximum absolute atomic E-state index is 2.28. The summed E-state index contributed by atoms with van der Waals surface area (Å²) in [6.45, 7) is 4.38. The summed E-state index contributed by atoms with van der Waals surface area (Å²) in [6.07, 6.45) is 9.03. The van der Waals surface area contributed by atoms with Gasteiger partial charge in [0.2, 0.25) is 0 Å². The fourth-order valence-corrected chi connectivity index (χ4v) is 0.988. The van der Waals surface area contributed by atoms with Crippen LogP contribution in [0.3, 0.4) is 0 Å². The van der Waals surface area contributed by atoms with Gasteiger partial charge in [-0.05, 0) is 12.8 Å². The third-order valence-electron chi connectivity index (χ3n) is 1.70. The van der Waals surface area contributed by atoms with Crippen LogP contribution < -0.4 is 0 Å². The Hall–Kier alpha value is -0.520. The van der Waals surface area contributed by atoms with Crippen LogP contribution in [0.4, 0.5) is 0 Å². The van der Waals surface area contributed by atoms with Crippen molar-refractivity contribution in [1.82, 2.24) is 0 Å². The minimum atomic E-state index is 1.17. The van der Waals surface area contributed by atoms with Crippen LogP contribution in [0.2, 0.25) is 0 Å². The first-order valence-electron chi connectivity index (χ1n) is 3.61. The fraction of sp³-hybridized carbons (Fsp3) is 0.444. The Morgan fingerprint density at radius 3 is 1.67 bits per heavy atom. The van der Waals surface area contributed by atoms with Crippen molar-refractivity contribution in [1.29, 1.82) is 0 Å². The zero-order valence-corrected chi connectivity index (χ0v) is 6.15. The maximum atomic E-state index is 2.28. The number of hydrogen-bond acceptors (Lipinski definition) is 0. The van der Waals surface area contributed by atoms with E-state index in [1.807, 2.05) is 0 Å². The van der Waals surface area contributed by atoms with E-state index in [2.05, 4.69) is 32.4 Å². The van der Waals surface area contributed by atoms with Crippen molar-refractivity contribution < 1.29 is 0 Å². The van der Waals surface area contributed by atoms with Crippen LogP contribution in [0, 0.1) is 6.42 Å². The lowest BCUT2D eigenvalue weighted by atomic mass is 10.1. The summed E-state index contributed by atoms with van der Waals surface area (Å²) < 4.78 is 0. The van der Waals surface area contributed by atoms with Crippen molar-refractivity contribution in [2.24, 2.45) is 0 Å². The summed E-state index contributed by atoms with van der Waals surface area (Å²) in [5.74, 6) is 0. The summed E-state index contributed by atoms with van der Waals surface area (Å²) in [5.41, 5.74) is 2.93. The van der Waals surface area contributed by atoms with Gasteiger partial charge < -0.3 is 0 Å².